The second kappa shape index (κ2) is 5.05. The summed E-state index contributed by atoms with van der Waals surface area (Å²) < 4.78 is 3.63. The van der Waals surface area contributed by atoms with Gasteiger partial charge in [0.1, 0.15) is 4.88 Å². The van der Waals surface area contributed by atoms with Crippen molar-refractivity contribution in [2.24, 2.45) is 0 Å². The number of benzene rings is 1. The molecule has 0 radical (unpaired) electrons. The number of nitrogens with one attached hydrogen (secondary N) is 1. The van der Waals surface area contributed by atoms with E-state index in [0.717, 1.165) is 22.8 Å². The van der Waals surface area contributed by atoms with Crippen LogP contribution < -0.4 is 5.32 Å². The van der Waals surface area contributed by atoms with Crippen LogP contribution in [0.3, 0.4) is 0 Å². The lowest BCUT2D eigenvalue weighted by atomic mass is 10.2. The number of nitrogens with zero attached hydrogens (tertiary/aromatic N) is 2. The van der Waals surface area contributed by atoms with Crippen molar-refractivity contribution in [1.82, 2.24) is 9.59 Å². The first-order valence-corrected chi connectivity index (χ1v) is 5.84. The molecule has 0 aliphatic carbocycles. The third-order valence-corrected chi connectivity index (χ3v) is 2.92. The maximum Gasteiger partial charge on any atom is 0.269 e. The molecule has 1 aromatic heterocycles. The molecular weight excluding hydrogens is 246 g/mol. The van der Waals surface area contributed by atoms with Crippen molar-refractivity contribution in [1.29, 1.82) is 0 Å². The molecule has 2 aromatic rings. The molecule has 4 nitrogen and oxygen atoms in total. The summed E-state index contributed by atoms with van der Waals surface area (Å²) in [4.78, 5) is 12.1. The topological polar surface area (TPSA) is 54.9 Å². The Labute approximate surface area is 101 Å². The Bertz CT molecular complexity index is 469. The van der Waals surface area contributed by atoms with Gasteiger partial charge in [-0.05, 0) is 29.2 Å². The van der Waals surface area contributed by atoms with E-state index in [2.05, 4.69) is 14.9 Å². The Kier molecular flexibility index (Phi) is 3.48. The molecule has 1 amide bonds. The van der Waals surface area contributed by atoms with Gasteiger partial charge in [-0.25, -0.2) is 0 Å². The van der Waals surface area contributed by atoms with Gasteiger partial charge in [-0.2, -0.15) is 0 Å². The van der Waals surface area contributed by atoms with Gasteiger partial charge in [0.25, 0.3) is 5.91 Å². The van der Waals surface area contributed by atoms with Crippen LogP contribution in [-0.4, -0.2) is 15.5 Å². The number of halogens is 1. The number of carbonyl (C=O) groups excluding carboxylic acids is 1. The lowest BCUT2D eigenvalue weighted by Crippen LogP contribution is -2.09. The van der Waals surface area contributed by atoms with Crippen molar-refractivity contribution in [2.75, 3.05) is 5.32 Å². The quantitative estimate of drug-likeness (QED) is 0.856. The zero-order valence-electron chi connectivity index (χ0n) is 8.18. The van der Waals surface area contributed by atoms with Crippen LogP contribution in [0.1, 0.15) is 15.2 Å². The van der Waals surface area contributed by atoms with Crippen molar-refractivity contribution in [2.45, 2.75) is 5.88 Å². The fraction of sp³-hybridized carbons (Fsp3) is 0.100. The molecule has 1 N–H and O–H groups in total. The van der Waals surface area contributed by atoms with Crippen molar-refractivity contribution >= 4 is 34.7 Å². The molecule has 16 heavy (non-hydrogen) atoms. The van der Waals surface area contributed by atoms with Crippen molar-refractivity contribution in [3.8, 4) is 0 Å². The highest BCUT2D eigenvalue weighted by Crippen LogP contribution is 2.13. The summed E-state index contributed by atoms with van der Waals surface area (Å²) >= 11 is 6.73. The van der Waals surface area contributed by atoms with E-state index in [-0.39, 0.29) is 5.91 Å². The average Bonchev–Trinajstić information content (AvgIpc) is 2.83. The number of hydrogen-bond acceptors (Lipinski definition) is 4. The van der Waals surface area contributed by atoms with Crippen LogP contribution in [0.25, 0.3) is 0 Å². The molecule has 0 unspecified atom stereocenters. The predicted molar refractivity (Wildman–Crippen MR) is 63.9 cm³/mol. The summed E-state index contributed by atoms with van der Waals surface area (Å²) in [7, 11) is 0. The minimum Gasteiger partial charge on any atom is -0.321 e. The summed E-state index contributed by atoms with van der Waals surface area (Å²) in [6, 6.07) is 7.36. The molecule has 0 saturated carbocycles. The first-order chi connectivity index (χ1) is 7.79. The van der Waals surface area contributed by atoms with E-state index in [4.69, 9.17) is 11.6 Å². The standard InChI is InChI=1S/C10H8ClN3OS/c11-5-7-1-3-8(4-2-7)13-10(15)9-6-12-14-16-9/h1-4,6H,5H2,(H,13,15). The van der Waals surface area contributed by atoms with Crippen LogP contribution in [0, 0.1) is 0 Å². The van der Waals surface area contributed by atoms with Gasteiger partial charge in [0.05, 0.1) is 6.20 Å². The Morgan fingerprint density at radius 1 is 1.38 bits per heavy atom. The zero-order valence-corrected chi connectivity index (χ0v) is 9.76. The first-order valence-electron chi connectivity index (χ1n) is 4.53. The zero-order chi connectivity index (χ0) is 11.4. The third kappa shape index (κ3) is 2.56. The number of carbonyl (C=O) groups is 1. The van der Waals surface area contributed by atoms with E-state index in [9.17, 15) is 4.79 Å². The fourth-order valence-corrected chi connectivity index (χ4v) is 1.73. The molecule has 0 bridgehead atoms. The van der Waals surface area contributed by atoms with Crippen molar-refractivity contribution < 1.29 is 4.79 Å². The highest BCUT2D eigenvalue weighted by atomic mass is 35.5. The van der Waals surface area contributed by atoms with Gasteiger partial charge >= 0.3 is 0 Å². The summed E-state index contributed by atoms with van der Waals surface area (Å²) in [5.41, 5.74) is 1.74. The molecule has 0 aliphatic heterocycles. The molecule has 0 fully saturated rings. The molecule has 0 spiro atoms. The number of amides is 1. The Hall–Kier alpha value is -1.46. The van der Waals surface area contributed by atoms with E-state index < -0.39 is 0 Å². The summed E-state index contributed by atoms with van der Waals surface area (Å²) in [6.45, 7) is 0. The lowest BCUT2D eigenvalue weighted by molar-refractivity contribution is 0.103. The molecule has 0 atom stereocenters. The minimum absolute atomic E-state index is 0.200. The van der Waals surface area contributed by atoms with Crippen LogP contribution in [0.2, 0.25) is 0 Å². The highest BCUT2D eigenvalue weighted by Gasteiger charge is 2.08. The van der Waals surface area contributed by atoms with Gasteiger partial charge in [0.15, 0.2) is 0 Å². The first kappa shape index (κ1) is 11.0. The Balaban J connectivity index is 2.06. The predicted octanol–water partition coefficient (Wildman–Crippen LogP) is 2.53. The van der Waals surface area contributed by atoms with Gasteiger partial charge in [0, 0.05) is 11.6 Å². The second-order valence-electron chi connectivity index (χ2n) is 3.07. The normalized spacial score (nSPS) is 10.1. The highest BCUT2D eigenvalue weighted by molar-refractivity contribution is 7.07. The maximum atomic E-state index is 11.6. The van der Waals surface area contributed by atoms with Gasteiger partial charge in [-0.3, -0.25) is 4.79 Å². The van der Waals surface area contributed by atoms with Crippen molar-refractivity contribution in [3.63, 3.8) is 0 Å². The second-order valence-corrected chi connectivity index (χ2v) is 4.12. The van der Waals surface area contributed by atoms with Gasteiger partial charge in [-0.1, -0.05) is 16.6 Å². The van der Waals surface area contributed by atoms with Crippen molar-refractivity contribution in [3.05, 3.63) is 40.9 Å². The number of alkyl halides is 1. The maximum absolute atomic E-state index is 11.6. The summed E-state index contributed by atoms with van der Waals surface area (Å²) in [5.74, 6) is 0.265. The Morgan fingerprint density at radius 2 is 2.12 bits per heavy atom. The fourth-order valence-electron chi connectivity index (χ4n) is 1.14. The molecule has 82 valence electrons. The van der Waals surface area contributed by atoms with Crippen LogP contribution in [-0.2, 0) is 5.88 Å². The molecule has 0 saturated heterocycles. The minimum atomic E-state index is -0.200. The number of anilines is 1. The van der Waals surface area contributed by atoms with Gasteiger partial charge < -0.3 is 5.32 Å². The summed E-state index contributed by atoms with van der Waals surface area (Å²) in [6.07, 6.45) is 1.44. The number of rotatable bonds is 3. The third-order valence-electron chi connectivity index (χ3n) is 1.95. The van der Waals surface area contributed by atoms with Crippen LogP contribution >= 0.6 is 23.1 Å². The molecular formula is C10H8ClN3OS. The SMILES string of the molecule is O=C(Nc1ccc(CCl)cc1)c1cnns1. The van der Waals surface area contributed by atoms with Crippen LogP contribution in [0.4, 0.5) is 5.69 Å². The van der Waals surface area contributed by atoms with E-state index >= 15 is 0 Å². The van der Waals surface area contributed by atoms with E-state index in [0.29, 0.717) is 10.8 Å². The lowest BCUT2D eigenvalue weighted by Gasteiger charge is -2.03. The van der Waals surface area contributed by atoms with Crippen LogP contribution in [0.15, 0.2) is 30.5 Å². The van der Waals surface area contributed by atoms with Gasteiger partial charge in [-0.15, -0.1) is 16.7 Å². The monoisotopic (exact) mass is 253 g/mol. The molecule has 0 aliphatic rings. The number of hydrogen-bond donors (Lipinski definition) is 1. The van der Waals surface area contributed by atoms with Crippen LogP contribution in [0.5, 0.6) is 0 Å². The summed E-state index contributed by atoms with van der Waals surface area (Å²) in [5, 5.41) is 6.35. The van der Waals surface area contributed by atoms with E-state index in [1.54, 1.807) is 0 Å². The van der Waals surface area contributed by atoms with E-state index in [1.165, 1.54) is 6.20 Å². The van der Waals surface area contributed by atoms with Gasteiger partial charge in [0.2, 0.25) is 0 Å². The number of aromatic nitrogens is 2. The molecule has 1 aromatic carbocycles. The molecule has 6 heteroatoms. The smallest absolute Gasteiger partial charge is 0.269 e. The average molecular weight is 254 g/mol. The Morgan fingerprint density at radius 3 is 2.69 bits per heavy atom. The van der Waals surface area contributed by atoms with E-state index in [1.807, 2.05) is 24.3 Å². The molecule has 1 heterocycles. The molecule has 2 rings (SSSR count). The largest absolute Gasteiger partial charge is 0.321 e.